The van der Waals surface area contributed by atoms with E-state index >= 15 is 0 Å². The van der Waals surface area contributed by atoms with Gasteiger partial charge in [0.2, 0.25) is 0 Å². The number of benzene rings is 3. The van der Waals surface area contributed by atoms with Crippen molar-refractivity contribution in [1.82, 2.24) is 4.98 Å². The number of aryl methyl sites for hydroxylation is 3. The van der Waals surface area contributed by atoms with E-state index in [2.05, 4.69) is 16.4 Å². The lowest BCUT2D eigenvalue weighted by Gasteiger charge is -2.12. The first-order valence-corrected chi connectivity index (χ1v) is 11.8. The second kappa shape index (κ2) is 10.4. The van der Waals surface area contributed by atoms with Crippen LogP contribution in [0.3, 0.4) is 0 Å². The van der Waals surface area contributed by atoms with Crippen LogP contribution in [0.2, 0.25) is 0 Å². The van der Waals surface area contributed by atoms with Gasteiger partial charge in [-0.05, 0) is 73.4 Å². The third-order valence-electron chi connectivity index (χ3n) is 5.56. The Bertz CT molecular complexity index is 1440. The molecule has 1 heterocycles. The van der Waals surface area contributed by atoms with E-state index in [0.29, 0.717) is 28.8 Å². The van der Waals surface area contributed by atoms with Gasteiger partial charge >= 0.3 is 0 Å². The molecule has 4 aromatic rings. The topological polar surface area (TPSA) is 84.2 Å². The molecule has 176 valence electrons. The lowest BCUT2D eigenvalue weighted by molar-refractivity contribution is -0.112. The van der Waals surface area contributed by atoms with Crippen LogP contribution in [-0.2, 0) is 11.4 Å². The summed E-state index contributed by atoms with van der Waals surface area (Å²) in [5.41, 5.74) is 5.95. The van der Waals surface area contributed by atoms with Crippen molar-refractivity contribution in [3.8, 4) is 17.6 Å². The minimum Gasteiger partial charge on any atom is -0.493 e. The molecule has 0 aliphatic heterocycles. The van der Waals surface area contributed by atoms with Crippen molar-refractivity contribution in [2.45, 2.75) is 27.4 Å². The molecule has 0 saturated carbocycles. The van der Waals surface area contributed by atoms with Crippen molar-refractivity contribution >= 4 is 38.7 Å². The first-order chi connectivity index (χ1) is 16.9. The zero-order valence-corrected chi connectivity index (χ0v) is 20.8. The Kier molecular flexibility index (Phi) is 7.14. The number of fused-ring (bicyclic) bond motifs is 1. The summed E-state index contributed by atoms with van der Waals surface area (Å²) < 4.78 is 12.4. The van der Waals surface area contributed by atoms with Crippen LogP contribution in [0.5, 0.6) is 11.5 Å². The molecular weight excluding hydrogens is 458 g/mol. The molecule has 0 atom stereocenters. The summed E-state index contributed by atoms with van der Waals surface area (Å²) in [4.78, 5) is 17.3. The Labute approximate surface area is 208 Å². The SMILES string of the molecule is COc1cc(/C=C(\C#N)C(=O)Nc2nc3cc(C)c(C)cc3s2)ccc1OCc1cccc(C)c1. The molecule has 3 aromatic carbocycles. The van der Waals surface area contributed by atoms with Gasteiger partial charge in [-0.25, -0.2) is 4.98 Å². The summed E-state index contributed by atoms with van der Waals surface area (Å²) in [5, 5.41) is 12.8. The summed E-state index contributed by atoms with van der Waals surface area (Å²) in [7, 11) is 1.55. The Hall–Kier alpha value is -4.15. The molecular formula is C28H25N3O3S. The second-order valence-electron chi connectivity index (χ2n) is 8.24. The number of nitrogens with one attached hydrogen (secondary N) is 1. The molecule has 7 heteroatoms. The van der Waals surface area contributed by atoms with Crippen molar-refractivity contribution in [1.29, 1.82) is 5.26 Å². The van der Waals surface area contributed by atoms with Crippen molar-refractivity contribution in [3.63, 3.8) is 0 Å². The Morgan fingerprint density at radius 1 is 1.09 bits per heavy atom. The fourth-order valence-corrected chi connectivity index (χ4v) is 4.51. The Morgan fingerprint density at radius 2 is 1.89 bits per heavy atom. The fraction of sp³-hybridized carbons (Fsp3) is 0.179. The minimum atomic E-state index is -0.515. The van der Waals surface area contributed by atoms with Crippen LogP contribution in [0.4, 0.5) is 5.13 Å². The number of nitrogens with zero attached hydrogens (tertiary/aromatic N) is 2. The number of thiazole rings is 1. The number of ether oxygens (including phenoxy) is 2. The smallest absolute Gasteiger partial charge is 0.268 e. The number of nitriles is 1. The number of rotatable bonds is 7. The van der Waals surface area contributed by atoms with Crippen LogP contribution >= 0.6 is 11.3 Å². The highest BCUT2D eigenvalue weighted by molar-refractivity contribution is 7.22. The van der Waals surface area contributed by atoms with Crippen molar-refractivity contribution in [2.75, 3.05) is 12.4 Å². The summed E-state index contributed by atoms with van der Waals surface area (Å²) in [6.45, 7) is 6.50. The molecule has 0 spiro atoms. The molecule has 0 saturated heterocycles. The average molecular weight is 484 g/mol. The van der Waals surface area contributed by atoms with Gasteiger partial charge in [0, 0.05) is 0 Å². The van der Waals surface area contributed by atoms with Crippen LogP contribution in [0, 0.1) is 32.1 Å². The molecule has 4 rings (SSSR count). The third kappa shape index (κ3) is 5.68. The maximum Gasteiger partial charge on any atom is 0.268 e. The molecule has 6 nitrogen and oxygen atoms in total. The van der Waals surface area contributed by atoms with Gasteiger partial charge in [0.15, 0.2) is 16.6 Å². The highest BCUT2D eigenvalue weighted by atomic mass is 32.1. The van der Waals surface area contributed by atoms with E-state index in [1.54, 1.807) is 25.3 Å². The third-order valence-corrected chi connectivity index (χ3v) is 6.50. The highest BCUT2D eigenvalue weighted by Gasteiger charge is 2.14. The van der Waals surface area contributed by atoms with Crippen LogP contribution in [0.1, 0.15) is 27.8 Å². The lowest BCUT2D eigenvalue weighted by Crippen LogP contribution is -2.13. The second-order valence-corrected chi connectivity index (χ2v) is 9.27. The predicted molar refractivity (Wildman–Crippen MR) is 140 cm³/mol. The van der Waals surface area contributed by atoms with Crippen LogP contribution in [-0.4, -0.2) is 18.0 Å². The number of carbonyl (C=O) groups excluding carboxylic acids is 1. The maximum absolute atomic E-state index is 12.8. The van der Waals surface area contributed by atoms with Crippen molar-refractivity contribution in [2.24, 2.45) is 0 Å². The number of amides is 1. The summed E-state index contributed by atoms with van der Waals surface area (Å²) in [6, 6.07) is 19.4. The van der Waals surface area contributed by atoms with Gasteiger partial charge in [-0.2, -0.15) is 5.26 Å². The number of hydrogen-bond acceptors (Lipinski definition) is 6. The molecule has 0 bridgehead atoms. The van der Waals surface area contributed by atoms with Gasteiger partial charge < -0.3 is 9.47 Å². The molecule has 1 aromatic heterocycles. The summed E-state index contributed by atoms with van der Waals surface area (Å²) in [5.74, 6) is 0.578. The minimum absolute atomic E-state index is 0.0351. The normalized spacial score (nSPS) is 11.2. The molecule has 1 amide bonds. The molecule has 1 N–H and O–H groups in total. The first kappa shape index (κ1) is 24.0. The molecule has 0 aliphatic carbocycles. The first-order valence-electron chi connectivity index (χ1n) is 11.0. The average Bonchev–Trinajstić information content (AvgIpc) is 3.22. The van der Waals surface area contributed by atoms with Gasteiger partial charge in [-0.15, -0.1) is 0 Å². The zero-order chi connectivity index (χ0) is 24.9. The van der Waals surface area contributed by atoms with E-state index in [-0.39, 0.29) is 5.57 Å². The Morgan fingerprint density at radius 3 is 2.63 bits per heavy atom. The van der Waals surface area contributed by atoms with Gasteiger partial charge in [-0.3, -0.25) is 10.1 Å². The van der Waals surface area contributed by atoms with Gasteiger partial charge in [0.05, 0.1) is 17.3 Å². The summed E-state index contributed by atoms with van der Waals surface area (Å²) in [6.07, 6.45) is 1.52. The number of hydrogen-bond donors (Lipinski definition) is 1. The van der Waals surface area contributed by atoms with E-state index in [1.807, 2.05) is 57.2 Å². The number of carbonyl (C=O) groups is 1. The van der Waals surface area contributed by atoms with Crippen molar-refractivity contribution < 1.29 is 14.3 Å². The molecule has 35 heavy (non-hydrogen) atoms. The lowest BCUT2D eigenvalue weighted by atomic mass is 10.1. The zero-order valence-electron chi connectivity index (χ0n) is 20.0. The molecule has 0 aliphatic rings. The van der Waals surface area contributed by atoms with E-state index in [1.165, 1.54) is 17.4 Å². The molecule has 0 unspecified atom stereocenters. The number of anilines is 1. The van der Waals surface area contributed by atoms with Crippen LogP contribution in [0.15, 0.2) is 60.2 Å². The number of methoxy groups -OCH3 is 1. The molecule has 0 fully saturated rings. The predicted octanol–water partition coefficient (Wildman–Crippen LogP) is 6.35. The van der Waals surface area contributed by atoms with Crippen molar-refractivity contribution in [3.05, 3.63) is 88.0 Å². The van der Waals surface area contributed by atoms with E-state index in [9.17, 15) is 10.1 Å². The van der Waals surface area contributed by atoms with Gasteiger partial charge in [-0.1, -0.05) is 47.2 Å². The maximum atomic E-state index is 12.8. The largest absolute Gasteiger partial charge is 0.493 e. The van der Waals surface area contributed by atoms with Crippen LogP contribution < -0.4 is 14.8 Å². The van der Waals surface area contributed by atoms with E-state index in [4.69, 9.17) is 9.47 Å². The Balaban J connectivity index is 1.50. The monoisotopic (exact) mass is 483 g/mol. The highest BCUT2D eigenvalue weighted by Crippen LogP contribution is 2.31. The van der Waals surface area contributed by atoms with Gasteiger partial charge in [0.1, 0.15) is 18.2 Å². The summed E-state index contributed by atoms with van der Waals surface area (Å²) >= 11 is 1.38. The standard InChI is InChI=1S/C28H25N3O3S/c1-17-6-5-7-21(10-17)16-34-24-9-8-20(14-25(24)33-4)13-22(15-29)27(32)31-28-30-23-11-18(2)19(3)12-26(23)35-28/h5-14H,16H2,1-4H3,(H,30,31,32)/b22-13+. The van der Waals surface area contributed by atoms with E-state index in [0.717, 1.165) is 32.5 Å². The number of aromatic nitrogens is 1. The molecule has 0 radical (unpaired) electrons. The van der Waals surface area contributed by atoms with E-state index < -0.39 is 5.91 Å². The van der Waals surface area contributed by atoms with Gasteiger partial charge in [0.25, 0.3) is 5.91 Å². The van der Waals surface area contributed by atoms with Crippen LogP contribution in [0.25, 0.3) is 16.3 Å². The quantitative estimate of drug-likeness (QED) is 0.244. The fourth-order valence-electron chi connectivity index (χ4n) is 3.57.